The van der Waals surface area contributed by atoms with Crippen LogP contribution < -0.4 is 4.74 Å². The average molecular weight is 174 g/mol. The van der Waals surface area contributed by atoms with Gasteiger partial charge in [-0.15, -0.1) is 6.53 Å². The molecule has 1 N–H and O–H groups in total. The SMILES string of the molecule is [2H]C([2H])=C([2H])C([2H])([2H])c1c([2H])cc(O)c(OC([2H])([2H])[2H])c1[2H]. The van der Waals surface area contributed by atoms with Crippen molar-refractivity contribution in [3.05, 3.63) is 36.3 Å². The number of phenols is 1. The van der Waals surface area contributed by atoms with Gasteiger partial charge in [-0.3, -0.25) is 0 Å². The zero-order valence-electron chi connectivity index (χ0n) is 15.9. The quantitative estimate of drug-likeness (QED) is 0.711. The molecule has 1 rings (SSSR count). The van der Waals surface area contributed by atoms with E-state index in [-0.39, 0.29) is 0 Å². The molecule has 0 unspecified atom stereocenters. The lowest BCUT2D eigenvalue weighted by atomic mass is 10.1. The van der Waals surface area contributed by atoms with Gasteiger partial charge in [0.05, 0.1) is 18.0 Å². The number of allylic oxidation sites excluding steroid dienone is 1. The first-order valence-corrected chi connectivity index (χ1v) is 2.96. The molecule has 2 nitrogen and oxygen atoms in total. The highest BCUT2D eigenvalue weighted by Crippen LogP contribution is 2.26. The maximum absolute atomic E-state index is 9.60. The molecule has 64 valence electrons. The summed E-state index contributed by atoms with van der Waals surface area (Å²) < 4.78 is 77.6. The van der Waals surface area contributed by atoms with Crippen LogP contribution in [0.2, 0.25) is 0 Å². The fourth-order valence-electron chi connectivity index (χ4n) is 0.627. The van der Waals surface area contributed by atoms with Crippen molar-refractivity contribution in [1.29, 1.82) is 0 Å². The van der Waals surface area contributed by atoms with Crippen molar-refractivity contribution in [2.24, 2.45) is 0 Å². The molecular formula is C10H12O2. The van der Waals surface area contributed by atoms with Gasteiger partial charge >= 0.3 is 0 Å². The van der Waals surface area contributed by atoms with E-state index in [4.69, 9.17) is 13.7 Å². The first-order chi connectivity index (χ1) is 9.79. The number of ether oxygens (including phenoxy) is 1. The minimum atomic E-state index is -3.02. The number of methoxy groups -OCH3 is 1. The van der Waals surface area contributed by atoms with Crippen molar-refractivity contribution in [3.63, 3.8) is 0 Å². The summed E-state index contributed by atoms with van der Waals surface area (Å²) in [6.45, 7) is -1.16. The Hall–Kier alpha value is -1.44. The average Bonchev–Trinajstić information content (AvgIpc) is 2.31. The summed E-state index contributed by atoms with van der Waals surface area (Å²) in [5, 5.41) is 9.60. The van der Waals surface area contributed by atoms with E-state index in [0.29, 0.717) is 6.07 Å². The van der Waals surface area contributed by atoms with Crippen molar-refractivity contribution < 1.29 is 23.6 Å². The normalized spacial score (nSPS) is 23.3. The van der Waals surface area contributed by atoms with Gasteiger partial charge in [-0.05, 0) is 24.0 Å². The van der Waals surface area contributed by atoms with Gasteiger partial charge in [-0.25, -0.2) is 0 Å². The molecule has 0 radical (unpaired) electrons. The van der Waals surface area contributed by atoms with Crippen LogP contribution in [0.25, 0.3) is 0 Å². The van der Waals surface area contributed by atoms with Crippen LogP contribution in [-0.4, -0.2) is 12.1 Å². The van der Waals surface area contributed by atoms with Crippen LogP contribution in [0, 0.1) is 0 Å². The van der Waals surface area contributed by atoms with Gasteiger partial charge in [-0.1, -0.05) is 12.1 Å². The van der Waals surface area contributed by atoms with Gasteiger partial charge in [-0.2, -0.15) is 0 Å². The maximum atomic E-state index is 9.60. The number of benzene rings is 1. The molecule has 0 heterocycles. The van der Waals surface area contributed by atoms with E-state index in [0.717, 1.165) is 0 Å². The van der Waals surface area contributed by atoms with Crippen LogP contribution in [0.5, 0.6) is 11.5 Å². The summed E-state index contributed by atoms with van der Waals surface area (Å²) in [5.41, 5.74) is -0.772. The second-order valence-corrected chi connectivity index (χ2v) is 1.86. The molecule has 0 bridgehead atoms. The second kappa shape index (κ2) is 3.81. The highest BCUT2D eigenvalue weighted by molar-refractivity contribution is 5.42. The van der Waals surface area contributed by atoms with Crippen LogP contribution >= 0.6 is 0 Å². The zero-order chi connectivity index (χ0) is 17.5. The minimum Gasteiger partial charge on any atom is -0.504 e. The van der Waals surface area contributed by atoms with E-state index in [1.165, 1.54) is 0 Å². The summed E-state index contributed by atoms with van der Waals surface area (Å²) in [6.07, 6.45) is -2.87. The Bertz CT molecular complexity index is 615. The van der Waals surface area contributed by atoms with Gasteiger partial charge in [0, 0.05) is 2.74 Å². The molecule has 0 fully saturated rings. The Morgan fingerprint density at radius 1 is 2.17 bits per heavy atom. The number of aromatic hydroxyl groups is 1. The fourth-order valence-corrected chi connectivity index (χ4v) is 0.627. The van der Waals surface area contributed by atoms with Crippen molar-refractivity contribution in [2.45, 2.75) is 6.37 Å². The molecule has 0 amide bonds. The van der Waals surface area contributed by atoms with Gasteiger partial charge in [0.1, 0.15) is 0 Å². The van der Waals surface area contributed by atoms with E-state index >= 15 is 0 Å². The topological polar surface area (TPSA) is 29.5 Å². The third-order valence-corrected chi connectivity index (χ3v) is 1.11. The van der Waals surface area contributed by atoms with Crippen LogP contribution in [0.3, 0.4) is 0 Å². The van der Waals surface area contributed by atoms with Crippen molar-refractivity contribution in [1.82, 2.24) is 0 Å². The molecule has 0 saturated carbocycles. The number of hydrogen-bond donors (Lipinski definition) is 1. The zero-order valence-corrected chi connectivity index (χ0v) is 5.93. The van der Waals surface area contributed by atoms with E-state index in [2.05, 4.69) is 4.74 Å². The Morgan fingerprint density at radius 3 is 3.83 bits per heavy atom. The predicted octanol–water partition coefficient (Wildman–Crippen LogP) is 2.13. The molecule has 0 spiro atoms. The van der Waals surface area contributed by atoms with Crippen LogP contribution in [0.1, 0.15) is 19.3 Å². The first kappa shape index (κ1) is 2.28. The van der Waals surface area contributed by atoms with Crippen molar-refractivity contribution in [2.75, 3.05) is 7.04 Å². The Labute approximate surface area is 86.2 Å². The molecule has 0 aromatic heterocycles. The minimum absolute atomic E-state index is 0.674. The third kappa shape index (κ3) is 1.78. The fraction of sp³-hybridized carbons (Fsp3) is 0.200. The Kier molecular flexibility index (Phi) is 0.725. The molecule has 2 heteroatoms. The summed E-state index contributed by atoms with van der Waals surface area (Å²) in [4.78, 5) is 0. The second-order valence-electron chi connectivity index (χ2n) is 1.86. The lowest BCUT2D eigenvalue weighted by molar-refractivity contribution is 0.373. The van der Waals surface area contributed by atoms with E-state index in [1.54, 1.807) is 0 Å². The van der Waals surface area contributed by atoms with Crippen LogP contribution in [0.15, 0.2) is 30.7 Å². The van der Waals surface area contributed by atoms with Gasteiger partial charge in [0.25, 0.3) is 0 Å². The number of phenolic OH excluding ortho intramolecular Hbond substituents is 1. The standard InChI is InChI=1S/C10H12O2/c1-3-4-8-5-6-9(11)10(7-8)12-2/h3,5-7,11H,1,4H2,2H3/i1D2,2D3,3D,4D2,5D,7D. The van der Waals surface area contributed by atoms with Crippen LogP contribution in [0.4, 0.5) is 0 Å². The monoisotopic (exact) mass is 174 g/mol. The molecular weight excluding hydrogens is 152 g/mol. The molecule has 12 heavy (non-hydrogen) atoms. The van der Waals surface area contributed by atoms with E-state index in [9.17, 15) is 5.11 Å². The Balaban J connectivity index is 3.64. The number of hydrogen-bond acceptors (Lipinski definition) is 2. The highest BCUT2D eigenvalue weighted by Gasteiger charge is 2.00. The predicted molar refractivity (Wildman–Crippen MR) is 48.6 cm³/mol. The first-order valence-electron chi connectivity index (χ1n) is 7.96. The van der Waals surface area contributed by atoms with E-state index in [1.807, 2.05) is 0 Å². The summed E-state index contributed by atoms with van der Waals surface area (Å²) in [7, 11) is -3.02. The largest absolute Gasteiger partial charge is 0.504 e. The molecule has 0 aliphatic heterocycles. The summed E-state index contributed by atoms with van der Waals surface area (Å²) in [5.74, 6) is -1.70. The lowest BCUT2D eigenvalue weighted by Crippen LogP contribution is -1.86. The maximum Gasteiger partial charge on any atom is 0.160 e. The highest BCUT2D eigenvalue weighted by atomic mass is 16.5. The Morgan fingerprint density at radius 2 is 3.08 bits per heavy atom. The number of rotatable bonds is 3. The van der Waals surface area contributed by atoms with Gasteiger partial charge < -0.3 is 9.84 Å². The van der Waals surface area contributed by atoms with Crippen molar-refractivity contribution in [3.8, 4) is 11.5 Å². The molecule has 1 aromatic rings. The summed E-state index contributed by atoms with van der Waals surface area (Å²) >= 11 is 0. The smallest absolute Gasteiger partial charge is 0.160 e. The third-order valence-electron chi connectivity index (χ3n) is 1.11. The van der Waals surface area contributed by atoms with Gasteiger partial charge in [0.15, 0.2) is 11.5 Å². The van der Waals surface area contributed by atoms with E-state index < -0.39 is 55.1 Å². The van der Waals surface area contributed by atoms with Gasteiger partial charge in [0.2, 0.25) is 0 Å². The summed E-state index contributed by atoms with van der Waals surface area (Å²) in [6, 6.07) is -2.05. The van der Waals surface area contributed by atoms with Crippen LogP contribution in [-0.2, 0) is 6.37 Å². The molecule has 1 aromatic carbocycles. The molecule has 0 aliphatic rings. The van der Waals surface area contributed by atoms with Crippen molar-refractivity contribution >= 4 is 0 Å². The molecule has 0 aliphatic carbocycles. The lowest BCUT2D eigenvalue weighted by Gasteiger charge is -2.04. The molecule has 0 atom stereocenters. The molecule has 0 saturated heterocycles.